The average Bonchev–Trinajstić information content (AvgIpc) is 2.41. The number of benzene rings is 2. The Labute approximate surface area is 118 Å². The van der Waals surface area contributed by atoms with Crippen LogP contribution in [-0.2, 0) is 0 Å². The minimum absolute atomic E-state index is 0.0203. The highest BCUT2D eigenvalue weighted by Gasteiger charge is 2.19. The Kier molecular flexibility index (Phi) is 3.86. The maximum Gasteiger partial charge on any atom is 0.312 e. The van der Waals surface area contributed by atoms with Gasteiger partial charge in [-0.1, -0.05) is 23.7 Å². The molecule has 2 N–H and O–H groups in total. The van der Waals surface area contributed by atoms with Gasteiger partial charge in [0.1, 0.15) is 5.75 Å². The van der Waals surface area contributed by atoms with Crippen molar-refractivity contribution in [1.82, 2.24) is 0 Å². The van der Waals surface area contributed by atoms with Crippen molar-refractivity contribution in [2.24, 2.45) is 5.73 Å². The monoisotopic (exact) mass is 292 g/mol. The predicted octanol–water partition coefficient (Wildman–Crippen LogP) is 3.14. The number of rotatable bonds is 4. The maximum absolute atomic E-state index is 11.0. The molecule has 20 heavy (non-hydrogen) atoms. The molecule has 0 aromatic heterocycles. The zero-order valence-corrected chi connectivity index (χ0v) is 10.8. The highest BCUT2D eigenvalue weighted by atomic mass is 35.5. The molecule has 0 fully saturated rings. The Bertz CT molecular complexity index is 688. The van der Waals surface area contributed by atoms with E-state index in [9.17, 15) is 14.9 Å². The molecule has 2 aromatic carbocycles. The number of nitro groups is 1. The van der Waals surface area contributed by atoms with E-state index in [1.54, 1.807) is 24.3 Å². The lowest BCUT2D eigenvalue weighted by atomic mass is 10.2. The fourth-order valence-corrected chi connectivity index (χ4v) is 1.72. The first-order chi connectivity index (χ1) is 9.49. The van der Waals surface area contributed by atoms with E-state index in [1.807, 2.05) is 0 Å². The van der Waals surface area contributed by atoms with Crippen molar-refractivity contribution < 1.29 is 14.5 Å². The lowest BCUT2D eigenvalue weighted by molar-refractivity contribution is -0.385. The highest BCUT2D eigenvalue weighted by molar-refractivity contribution is 6.32. The Morgan fingerprint density at radius 2 is 1.90 bits per heavy atom. The predicted molar refractivity (Wildman–Crippen MR) is 73.1 cm³/mol. The second kappa shape index (κ2) is 5.58. The molecule has 0 bridgehead atoms. The number of amides is 1. The molecule has 6 nitrogen and oxygen atoms in total. The van der Waals surface area contributed by atoms with Crippen LogP contribution >= 0.6 is 11.6 Å². The summed E-state index contributed by atoms with van der Waals surface area (Å²) >= 11 is 5.92. The second-order valence-corrected chi connectivity index (χ2v) is 4.24. The van der Waals surface area contributed by atoms with Gasteiger partial charge in [0.05, 0.1) is 9.95 Å². The fraction of sp³-hybridized carbons (Fsp3) is 0. The number of carbonyl (C=O) groups is 1. The van der Waals surface area contributed by atoms with Gasteiger partial charge in [0.15, 0.2) is 0 Å². The second-order valence-electron chi connectivity index (χ2n) is 3.84. The van der Waals surface area contributed by atoms with E-state index in [1.165, 1.54) is 12.1 Å². The van der Waals surface area contributed by atoms with E-state index in [0.717, 1.165) is 6.07 Å². The summed E-state index contributed by atoms with van der Waals surface area (Å²) in [7, 11) is 0. The third-order valence-electron chi connectivity index (χ3n) is 2.50. The van der Waals surface area contributed by atoms with E-state index in [-0.39, 0.29) is 22.7 Å². The number of para-hydroxylation sites is 1. The van der Waals surface area contributed by atoms with Gasteiger partial charge in [0, 0.05) is 11.6 Å². The van der Waals surface area contributed by atoms with E-state index in [0.29, 0.717) is 5.02 Å². The fourth-order valence-electron chi connectivity index (χ4n) is 1.55. The summed E-state index contributed by atoms with van der Waals surface area (Å²) in [6, 6.07) is 10.3. The standard InChI is InChI=1S/C13H9ClN2O4/c14-9-3-1-2-4-11(9)20-12-6-5-8(13(15)17)7-10(12)16(18)19/h1-7H,(H2,15,17). The first-order valence-electron chi connectivity index (χ1n) is 5.49. The van der Waals surface area contributed by atoms with Gasteiger partial charge in [-0.25, -0.2) is 0 Å². The Balaban J connectivity index is 2.44. The summed E-state index contributed by atoms with van der Waals surface area (Å²) in [6.07, 6.45) is 0. The number of hydrogen-bond donors (Lipinski definition) is 1. The molecule has 0 spiro atoms. The van der Waals surface area contributed by atoms with Gasteiger partial charge in [-0.05, 0) is 24.3 Å². The minimum atomic E-state index is -0.752. The van der Waals surface area contributed by atoms with Crippen molar-refractivity contribution in [3.8, 4) is 11.5 Å². The third-order valence-corrected chi connectivity index (χ3v) is 2.81. The number of nitrogens with zero attached hydrogens (tertiary/aromatic N) is 1. The highest BCUT2D eigenvalue weighted by Crippen LogP contribution is 2.35. The molecule has 2 aromatic rings. The molecule has 102 valence electrons. The lowest BCUT2D eigenvalue weighted by Crippen LogP contribution is -2.11. The van der Waals surface area contributed by atoms with E-state index < -0.39 is 10.8 Å². The molecule has 1 amide bonds. The number of primary amides is 1. The molecule has 0 radical (unpaired) electrons. The van der Waals surface area contributed by atoms with Gasteiger partial charge in [-0.15, -0.1) is 0 Å². The number of ether oxygens (including phenoxy) is 1. The summed E-state index contributed by atoms with van der Waals surface area (Å²) in [6.45, 7) is 0. The quantitative estimate of drug-likeness (QED) is 0.691. The Morgan fingerprint density at radius 1 is 1.20 bits per heavy atom. The van der Waals surface area contributed by atoms with Crippen LogP contribution in [-0.4, -0.2) is 10.8 Å². The molecular weight excluding hydrogens is 284 g/mol. The molecule has 0 saturated heterocycles. The van der Waals surface area contributed by atoms with Crippen molar-refractivity contribution in [2.75, 3.05) is 0 Å². The number of halogens is 1. The average molecular weight is 293 g/mol. The number of nitrogens with two attached hydrogens (primary N) is 1. The molecule has 0 saturated carbocycles. The molecule has 0 atom stereocenters. The zero-order valence-electron chi connectivity index (χ0n) is 10.1. The van der Waals surface area contributed by atoms with Gasteiger partial charge in [-0.3, -0.25) is 14.9 Å². The van der Waals surface area contributed by atoms with E-state index in [4.69, 9.17) is 22.1 Å². The van der Waals surface area contributed by atoms with Crippen LogP contribution in [0.5, 0.6) is 11.5 Å². The summed E-state index contributed by atoms with van der Waals surface area (Å²) < 4.78 is 5.41. The molecule has 0 aliphatic heterocycles. The lowest BCUT2D eigenvalue weighted by Gasteiger charge is -2.08. The Hall–Kier alpha value is -2.60. The molecule has 0 heterocycles. The molecule has 0 aliphatic carbocycles. The topological polar surface area (TPSA) is 95.5 Å². The van der Waals surface area contributed by atoms with Crippen LogP contribution in [0.1, 0.15) is 10.4 Å². The normalized spacial score (nSPS) is 10.1. The van der Waals surface area contributed by atoms with Gasteiger partial charge in [0.25, 0.3) is 0 Å². The van der Waals surface area contributed by atoms with E-state index in [2.05, 4.69) is 0 Å². The summed E-state index contributed by atoms with van der Waals surface area (Å²) in [4.78, 5) is 21.4. The van der Waals surface area contributed by atoms with Gasteiger partial charge >= 0.3 is 5.69 Å². The van der Waals surface area contributed by atoms with Gasteiger partial charge in [-0.2, -0.15) is 0 Å². The summed E-state index contributed by atoms with van der Waals surface area (Å²) in [5.41, 5.74) is 4.76. The van der Waals surface area contributed by atoms with E-state index >= 15 is 0 Å². The SMILES string of the molecule is NC(=O)c1ccc(Oc2ccccc2Cl)c([N+](=O)[O-])c1. The third kappa shape index (κ3) is 2.86. The molecule has 2 rings (SSSR count). The van der Waals surface area contributed by atoms with Crippen LogP contribution in [0.4, 0.5) is 5.69 Å². The summed E-state index contributed by atoms with van der Waals surface area (Å²) in [5, 5.41) is 11.3. The van der Waals surface area contributed by atoms with Crippen molar-refractivity contribution in [3.63, 3.8) is 0 Å². The van der Waals surface area contributed by atoms with Crippen molar-refractivity contribution in [1.29, 1.82) is 0 Å². The minimum Gasteiger partial charge on any atom is -0.449 e. The smallest absolute Gasteiger partial charge is 0.312 e. The summed E-state index contributed by atoms with van der Waals surface area (Å²) in [5.74, 6) is -0.491. The van der Waals surface area contributed by atoms with Crippen molar-refractivity contribution >= 4 is 23.2 Å². The largest absolute Gasteiger partial charge is 0.449 e. The van der Waals surface area contributed by atoms with Gasteiger partial charge < -0.3 is 10.5 Å². The van der Waals surface area contributed by atoms with Crippen molar-refractivity contribution in [2.45, 2.75) is 0 Å². The van der Waals surface area contributed by atoms with Crippen LogP contribution in [0.25, 0.3) is 0 Å². The Morgan fingerprint density at radius 3 is 2.50 bits per heavy atom. The zero-order chi connectivity index (χ0) is 14.7. The van der Waals surface area contributed by atoms with Crippen molar-refractivity contribution in [3.05, 3.63) is 63.2 Å². The van der Waals surface area contributed by atoms with Crippen LogP contribution < -0.4 is 10.5 Å². The van der Waals surface area contributed by atoms with Crippen LogP contribution in [0.3, 0.4) is 0 Å². The molecule has 7 heteroatoms. The number of hydrogen-bond acceptors (Lipinski definition) is 4. The first-order valence-corrected chi connectivity index (χ1v) is 5.87. The first kappa shape index (κ1) is 13.8. The number of carbonyl (C=O) groups excluding carboxylic acids is 1. The number of nitro benzene ring substituents is 1. The maximum atomic E-state index is 11.0. The van der Waals surface area contributed by atoms with Gasteiger partial charge in [0.2, 0.25) is 11.7 Å². The van der Waals surface area contributed by atoms with Crippen LogP contribution in [0, 0.1) is 10.1 Å². The van der Waals surface area contributed by atoms with Crippen LogP contribution in [0.2, 0.25) is 5.02 Å². The molecular formula is C13H9ClN2O4. The van der Waals surface area contributed by atoms with Crippen LogP contribution in [0.15, 0.2) is 42.5 Å². The molecule has 0 aliphatic rings. The molecule has 0 unspecified atom stereocenters.